The van der Waals surface area contributed by atoms with Crippen molar-refractivity contribution in [2.24, 2.45) is 11.7 Å². The van der Waals surface area contributed by atoms with Gasteiger partial charge >= 0.3 is 0 Å². The first-order chi connectivity index (χ1) is 11.1. The number of amides is 2. The molecule has 0 unspecified atom stereocenters. The number of oxazole rings is 1. The molecule has 1 aromatic heterocycles. The molecule has 0 spiro atoms. The lowest BCUT2D eigenvalue weighted by Crippen LogP contribution is -2.41. The number of aryl methyl sites for hydroxylation is 1. The van der Waals surface area contributed by atoms with E-state index in [9.17, 15) is 9.59 Å². The third-order valence-corrected chi connectivity index (χ3v) is 4.37. The fraction of sp³-hybridized carbons (Fsp3) is 0.471. The fourth-order valence-corrected chi connectivity index (χ4v) is 2.99. The number of likely N-dealkylation sites (tertiary alicyclic amines) is 1. The van der Waals surface area contributed by atoms with E-state index in [4.69, 9.17) is 10.2 Å². The second kappa shape index (κ2) is 6.81. The van der Waals surface area contributed by atoms with E-state index >= 15 is 0 Å². The largest absolute Gasteiger partial charge is 0.441 e. The zero-order valence-corrected chi connectivity index (χ0v) is 13.0. The van der Waals surface area contributed by atoms with Crippen molar-refractivity contribution < 1.29 is 14.0 Å². The Morgan fingerprint density at radius 1 is 1.26 bits per heavy atom. The Bertz CT molecular complexity index is 669. The maximum Gasteiger partial charge on any atom is 0.222 e. The van der Waals surface area contributed by atoms with Crippen LogP contribution in [0, 0.1) is 5.92 Å². The fourth-order valence-electron chi connectivity index (χ4n) is 2.99. The number of hydrogen-bond donors (Lipinski definition) is 1. The highest BCUT2D eigenvalue weighted by molar-refractivity contribution is 5.78. The van der Waals surface area contributed by atoms with Gasteiger partial charge in [0.1, 0.15) is 5.52 Å². The van der Waals surface area contributed by atoms with Crippen molar-refractivity contribution in [1.29, 1.82) is 0 Å². The van der Waals surface area contributed by atoms with Gasteiger partial charge in [-0.1, -0.05) is 12.1 Å². The third kappa shape index (κ3) is 3.70. The second-order valence-corrected chi connectivity index (χ2v) is 5.99. The van der Waals surface area contributed by atoms with Gasteiger partial charge in [-0.2, -0.15) is 0 Å². The van der Waals surface area contributed by atoms with Crippen molar-refractivity contribution in [3.05, 3.63) is 30.2 Å². The zero-order chi connectivity index (χ0) is 16.2. The second-order valence-electron chi connectivity index (χ2n) is 5.99. The van der Waals surface area contributed by atoms with Crippen LogP contribution in [0.4, 0.5) is 0 Å². The number of aromatic nitrogens is 1. The number of carbonyl (C=O) groups excluding carboxylic acids is 2. The van der Waals surface area contributed by atoms with Crippen molar-refractivity contribution in [2.45, 2.75) is 32.1 Å². The number of piperidine rings is 1. The predicted octanol–water partition coefficient (Wildman–Crippen LogP) is 1.87. The van der Waals surface area contributed by atoms with Crippen LogP contribution in [0.25, 0.3) is 11.1 Å². The third-order valence-electron chi connectivity index (χ3n) is 4.37. The highest BCUT2D eigenvalue weighted by Crippen LogP contribution is 2.19. The normalized spacial score (nSPS) is 15.9. The lowest BCUT2D eigenvalue weighted by atomic mass is 9.96. The summed E-state index contributed by atoms with van der Waals surface area (Å²) in [5, 5.41) is 0. The topological polar surface area (TPSA) is 89.4 Å². The molecule has 1 fully saturated rings. The molecule has 2 N–H and O–H groups in total. The molecule has 1 aliphatic heterocycles. The lowest BCUT2D eigenvalue weighted by molar-refractivity contribution is -0.134. The summed E-state index contributed by atoms with van der Waals surface area (Å²) in [7, 11) is 0. The van der Waals surface area contributed by atoms with Crippen LogP contribution in [0.5, 0.6) is 0 Å². The molecule has 3 rings (SSSR count). The number of fused-ring (bicyclic) bond motifs is 1. The van der Waals surface area contributed by atoms with Crippen molar-refractivity contribution >= 4 is 22.9 Å². The number of nitrogens with two attached hydrogens (primary N) is 1. The first kappa shape index (κ1) is 15.5. The summed E-state index contributed by atoms with van der Waals surface area (Å²) in [6.45, 7) is 1.24. The monoisotopic (exact) mass is 315 g/mol. The minimum Gasteiger partial charge on any atom is -0.441 e. The Kier molecular flexibility index (Phi) is 4.60. The van der Waals surface area contributed by atoms with Crippen LogP contribution in [0.2, 0.25) is 0 Å². The molecule has 0 bridgehead atoms. The Balaban J connectivity index is 1.45. The summed E-state index contributed by atoms with van der Waals surface area (Å²) in [4.78, 5) is 29.6. The van der Waals surface area contributed by atoms with Crippen molar-refractivity contribution in [3.63, 3.8) is 0 Å². The average Bonchev–Trinajstić information content (AvgIpc) is 2.97. The van der Waals surface area contributed by atoms with Crippen LogP contribution in [0.15, 0.2) is 28.7 Å². The number of primary amides is 1. The van der Waals surface area contributed by atoms with Gasteiger partial charge in [0.2, 0.25) is 11.8 Å². The molecule has 1 saturated heterocycles. The van der Waals surface area contributed by atoms with E-state index in [-0.39, 0.29) is 17.7 Å². The summed E-state index contributed by atoms with van der Waals surface area (Å²) < 4.78 is 5.65. The summed E-state index contributed by atoms with van der Waals surface area (Å²) in [5.74, 6) is 0.460. The van der Waals surface area contributed by atoms with E-state index in [1.807, 2.05) is 29.2 Å². The molecule has 0 aliphatic carbocycles. The zero-order valence-electron chi connectivity index (χ0n) is 13.0. The number of rotatable bonds is 5. The highest BCUT2D eigenvalue weighted by atomic mass is 16.3. The van der Waals surface area contributed by atoms with Gasteiger partial charge < -0.3 is 15.1 Å². The van der Waals surface area contributed by atoms with Gasteiger partial charge in [-0.05, 0) is 31.4 Å². The van der Waals surface area contributed by atoms with Gasteiger partial charge in [-0.3, -0.25) is 9.59 Å². The predicted molar refractivity (Wildman–Crippen MR) is 85.4 cm³/mol. The molecular formula is C17H21N3O3. The van der Waals surface area contributed by atoms with Crippen LogP contribution < -0.4 is 5.73 Å². The van der Waals surface area contributed by atoms with E-state index in [1.165, 1.54) is 0 Å². The maximum atomic E-state index is 12.2. The molecule has 1 aromatic carbocycles. The van der Waals surface area contributed by atoms with Gasteiger partial charge in [-0.15, -0.1) is 0 Å². The number of benzene rings is 1. The van der Waals surface area contributed by atoms with E-state index in [2.05, 4.69) is 4.98 Å². The van der Waals surface area contributed by atoms with E-state index in [1.54, 1.807) is 0 Å². The van der Waals surface area contributed by atoms with Gasteiger partial charge in [-0.25, -0.2) is 4.98 Å². The molecular weight excluding hydrogens is 294 g/mol. The Labute approximate surface area is 134 Å². The van der Waals surface area contributed by atoms with E-state index < -0.39 is 0 Å². The van der Waals surface area contributed by atoms with Crippen molar-refractivity contribution in [3.8, 4) is 0 Å². The molecule has 0 radical (unpaired) electrons. The van der Waals surface area contributed by atoms with Crippen LogP contribution in [-0.4, -0.2) is 34.8 Å². The van der Waals surface area contributed by atoms with Crippen LogP contribution in [0.3, 0.4) is 0 Å². The molecule has 122 valence electrons. The first-order valence-corrected chi connectivity index (χ1v) is 8.05. The quantitative estimate of drug-likeness (QED) is 0.912. The van der Waals surface area contributed by atoms with Gasteiger partial charge in [0.15, 0.2) is 11.5 Å². The lowest BCUT2D eigenvalue weighted by Gasteiger charge is -2.30. The molecule has 23 heavy (non-hydrogen) atoms. The Hall–Kier alpha value is -2.37. The summed E-state index contributed by atoms with van der Waals surface area (Å²) in [6.07, 6.45) is 3.18. The minimum absolute atomic E-state index is 0.0844. The number of hydrogen-bond acceptors (Lipinski definition) is 4. The Morgan fingerprint density at radius 3 is 2.70 bits per heavy atom. The molecule has 1 aliphatic rings. The average molecular weight is 315 g/mol. The van der Waals surface area contributed by atoms with Crippen LogP contribution in [-0.2, 0) is 16.0 Å². The van der Waals surface area contributed by atoms with E-state index in [0.717, 1.165) is 11.1 Å². The summed E-state index contributed by atoms with van der Waals surface area (Å²) in [5.41, 5.74) is 6.93. The number of para-hydroxylation sites is 2. The SMILES string of the molecule is NC(=O)C1CCN(C(=O)CCCc2nc3ccccc3o2)CC1. The number of carbonyl (C=O) groups is 2. The molecule has 0 atom stereocenters. The van der Waals surface area contributed by atoms with Crippen molar-refractivity contribution in [2.75, 3.05) is 13.1 Å². The minimum atomic E-state index is -0.256. The van der Waals surface area contributed by atoms with Crippen LogP contribution in [0.1, 0.15) is 31.6 Å². The molecule has 6 nitrogen and oxygen atoms in total. The van der Waals surface area contributed by atoms with Crippen molar-refractivity contribution in [1.82, 2.24) is 9.88 Å². The van der Waals surface area contributed by atoms with Gasteiger partial charge in [0.25, 0.3) is 0 Å². The van der Waals surface area contributed by atoms with Gasteiger partial charge in [0.05, 0.1) is 0 Å². The number of nitrogens with zero attached hydrogens (tertiary/aromatic N) is 2. The summed E-state index contributed by atoms with van der Waals surface area (Å²) >= 11 is 0. The Morgan fingerprint density at radius 2 is 2.00 bits per heavy atom. The molecule has 6 heteroatoms. The smallest absolute Gasteiger partial charge is 0.222 e. The maximum absolute atomic E-state index is 12.2. The first-order valence-electron chi connectivity index (χ1n) is 8.05. The molecule has 2 heterocycles. The molecule has 2 amide bonds. The van der Waals surface area contributed by atoms with E-state index in [0.29, 0.717) is 51.1 Å². The molecule has 2 aromatic rings. The van der Waals surface area contributed by atoms with Crippen LogP contribution >= 0.6 is 0 Å². The standard InChI is InChI=1S/C17H21N3O3/c18-17(22)12-8-10-20(11-9-12)16(21)7-3-6-15-19-13-4-1-2-5-14(13)23-15/h1-2,4-5,12H,3,6-11H2,(H2,18,22). The van der Waals surface area contributed by atoms with Gasteiger partial charge in [0, 0.05) is 31.8 Å². The summed E-state index contributed by atoms with van der Waals surface area (Å²) in [6, 6.07) is 7.64. The highest BCUT2D eigenvalue weighted by Gasteiger charge is 2.25. The molecule has 0 saturated carbocycles.